The normalized spacial score (nSPS) is 14.5. The number of carbonyl (C=O) groups is 2. The zero-order valence-corrected chi connectivity index (χ0v) is 22.3. The highest BCUT2D eigenvalue weighted by Crippen LogP contribution is 2.33. The summed E-state index contributed by atoms with van der Waals surface area (Å²) in [5.74, 6) is 0.286. The quantitative estimate of drug-likeness (QED) is 0.354. The van der Waals surface area contributed by atoms with E-state index in [0.717, 1.165) is 58.3 Å². The number of anilines is 1. The van der Waals surface area contributed by atoms with Crippen molar-refractivity contribution < 1.29 is 19.4 Å². The lowest BCUT2D eigenvalue weighted by Crippen LogP contribution is -2.33. The predicted molar refractivity (Wildman–Crippen MR) is 145 cm³/mol. The molecule has 2 aromatic carbocycles. The van der Waals surface area contributed by atoms with Crippen molar-refractivity contribution in [1.29, 1.82) is 0 Å². The van der Waals surface area contributed by atoms with Crippen LogP contribution in [0.4, 0.5) is 5.82 Å². The van der Waals surface area contributed by atoms with Gasteiger partial charge >= 0.3 is 5.97 Å². The second-order valence-corrected chi connectivity index (χ2v) is 10.1. The summed E-state index contributed by atoms with van der Waals surface area (Å²) in [5.41, 5.74) is 3.13. The lowest BCUT2D eigenvalue weighted by molar-refractivity contribution is -0.137. The number of pyridine rings is 1. The standard InChI is InChI=1S/C28H32BrN3O4/c1-18-26(22-16-20(29)11-12-23(22)31-27(18)32-14-6-3-7-15-32)28(35)30-17-19(10-13-25(33)34)21-8-4-5-9-24(21)36-2/h4-5,8-9,11-12,16,19H,3,6-7,10,13-15,17H2,1-2H3,(H,30,35)(H,33,34)/t19-/m0/s1. The minimum atomic E-state index is -0.867. The maximum absolute atomic E-state index is 13.7. The highest BCUT2D eigenvalue weighted by molar-refractivity contribution is 9.10. The van der Waals surface area contributed by atoms with E-state index in [1.54, 1.807) is 7.11 Å². The first-order chi connectivity index (χ1) is 17.4. The molecule has 3 aromatic rings. The molecule has 36 heavy (non-hydrogen) atoms. The van der Waals surface area contributed by atoms with Gasteiger partial charge in [0, 0.05) is 47.4 Å². The van der Waals surface area contributed by atoms with E-state index in [9.17, 15) is 14.7 Å². The van der Waals surface area contributed by atoms with Crippen LogP contribution in [0, 0.1) is 6.92 Å². The maximum atomic E-state index is 13.7. The monoisotopic (exact) mass is 553 g/mol. The van der Waals surface area contributed by atoms with Crippen LogP contribution in [0.5, 0.6) is 5.75 Å². The molecule has 1 aliphatic heterocycles. The number of carboxylic acids is 1. The van der Waals surface area contributed by atoms with Gasteiger partial charge in [-0.2, -0.15) is 0 Å². The lowest BCUT2D eigenvalue weighted by atomic mass is 9.93. The first-order valence-electron chi connectivity index (χ1n) is 12.4. The highest BCUT2D eigenvalue weighted by Gasteiger charge is 2.24. The summed E-state index contributed by atoms with van der Waals surface area (Å²) < 4.78 is 6.40. The summed E-state index contributed by atoms with van der Waals surface area (Å²) >= 11 is 3.54. The smallest absolute Gasteiger partial charge is 0.303 e. The van der Waals surface area contributed by atoms with Crippen molar-refractivity contribution in [1.82, 2.24) is 10.3 Å². The first kappa shape index (κ1) is 25.9. The molecule has 0 saturated carbocycles. The number of carboxylic acid groups (broad SMARTS) is 1. The van der Waals surface area contributed by atoms with Gasteiger partial charge in [-0.15, -0.1) is 0 Å². The molecule has 0 unspecified atom stereocenters. The van der Waals surface area contributed by atoms with Crippen molar-refractivity contribution in [2.45, 2.75) is 44.9 Å². The van der Waals surface area contributed by atoms with Crippen LogP contribution in [0.1, 0.15) is 59.5 Å². The number of nitrogens with zero attached hydrogens (tertiary/aromatic N) is 2. The molecule has 0 spiro atoms. The molecule has 1 atom stereocenters. The molecular weight excluding hydrogens is 522 g/mol. The second-order valence-electron chi connectivity index (χ2n) is 9.23. The molecule has 1 fully saturated rings. The Morgan fingerprint density at radius 1 is 1.17 bits per heavy atom. The zero-order valence-electron chi connectivity index (χ0n) is 20.7. The number of amides is 1. The average Bonchev–Trinajstić information content (AvgIpc) is 2.88. The Bertz CT molecular complexity index is 1260. The van der Waals surface area contributed by atoms with E-state index in [1.807, 2.05) is 49.4 Å². The van der Waals surface area contributed by atoms with E-state index in [4.69, 9.17) is 9.72 Å². The van der Waals surface area contributed by atoms with Crippen molar-refractivity contribution in [3.05, 3.63) is 63.6 Å². The van der Waals surface area contributed by atoms with Gasteiger partial charge in [0.25, 0.3) is 5.91 Å². The van der Waals surface area contributed by atoms with Gasteiger partial charge < -0.3 is 20.1 Å². The molecule has 7 nitrogen and oxygen atoms in total. The van der Waals surface area contributed by atoms with Gasteiger partial charge in [0.2, 0.25) is 0 Å². The van der Waals surface area contributed by atoms with E-state index in [1.165, 1.54) is 6.42 Å². The van der Waals surface area contributed by atoms with Gasteiger partial charge in [0.15, 0.2) is 0 Å². The Morgan fingerprint density at radius 2 is 1.92 bits per heavy atom. The number of hydrogen-bond donors (Lipinski definition) is 2. The van der Waals surface area contributed by atoms with E-state index in [2.05, 4.69) is 26.1 Å². The molecule has 2 heterocycles. The number of para-hydroxylation sites is 1. The molecule has 0 radical (unpaired) electrons. The Hall–Kier alpha value is -3.13. The molecule has 1 aromatic heterocycles. The molecule has 0 bridgehead atoms. The molecule has 0 aliphatic carbocycles. The van der Waals surface area contributed by atoms with Crippen molar-refractivity contribution in [3.8, 4) is 5.75 Å². The third-order valence-corrected chi connectivity index (χ3v) is 7.34. The Morgan fingerprint density at radius 3 is 2.64 bits per heavy atom. The minimum absolute atomic E-state index is 0.00184. The van der Waals surface area contributed by atoms with E-state index in [-0.39, 0.29) is 18.2 Å². The number of carbonyl (C=O) groups excluding carboxylic acids is 1. The molecular formula is C28H32BrN3O4. The number of benzene rings is 2. The summed E-state index contributed by atoms with van der Waals surface area (Å²) in [7, 11) is 1.60. The van der Waals surface area contributed by atoms with Crippen molar-refractivity contribution in [2.24, 2.45) is 0 Å². The number of piperidine rings is 1. The number of methoxy groups -OCH3 is 1. The number of hydrogen-bond acceptors (Lipinski definition) is 5. The molecule has 190 valence electrons. The van der Waals surface area contributed by atoms with Gasteiger partial charge in [0.1, 0.15) is 11.6 Å². The Labute approximate surface area is 220 Å². The fraction of sp³-hybridized carbons (Fsp3) is 0.393. The van der Waals surface area contributed by atoms with Crippen LogP contribution in [0.3, 0.4) is 0 Å². The van der Waals surface area contributed by atoms with E-state index < -0.39 is 5.97 Å². The zero-order chi connectivity index (χ0) is 25.7. The summed E-state index contributed by atoms with van der Waals surface area (Å²) in [6, 6.07) is 13.4. The molecule has 2 N–H and O–H groups in total. The summed E-state index contributed by atoms with van der Waals surface area (Å²) in [5, 5.41) is 13.2. The molecule has 1 saturated heterocycles. The van der Waals surface area contributed by atoms with Crippen molar-refractivity contribution >= 4 is 44.5 Å². The number of nitrogens with one attached hydrogen (secondary N) is 1. The van der Waals surface area contributed by atoms with Gasteiger partial charge in [-0.25, -0.2) is 4.98 Å². The first-order valence-corrected chi connectivity index (χ1v) is 13.2. The number of aliphatic carboxylic acids is 1. The van der Waals surface area contributed by atoms with Crippen LogP contribution in [0.15, 0.2) is 46.9 Å². The van der Waals surface area contributed by atoms with Gasteiger partial charge in [-0.05, 0) is 62.4 Å². The van der Waals surface area contributed by atoms with E-state index >= 15 is 0 Å². The summed E-state index contributed by atoms with van der Waals surface area (Å²) in [6.07, 6.45) is 3.83. The Kier molecular flexibility index (Phi) is 8.46. The summed E-state index contributed by atoms with van der Waals surface area (Å²) in [6.45, 7) is 4.13. The number of ether oxygens (including phenoxy) is 1. The third kappa shape index (κ3) is 5.81. The molecule has 8 heteroatoms. The van der Waals surface area contributed by atoms with Crippen LogP contribution < -0.4 is 15.0 Å². The van der Waals surface area contributed by atoms with Crippen molar-refractivity contribution in [2.75, 3.05) is 31.6 Å². The molecule has 4 rings (SSSR count). The lowest BCUT2D eigenvalue weighted by Gasteiger charge is -2.30. The van der Waals surface area contributed by atoms with Crippen LogP contribution in [-0.2, 0) is 4.79 Å². The predicted octanol–water partition coefficient (Wildman–Crippen LogP) is 5.68. The number of fused-ring (bicyclic) bond motifs is 1. The molecule has 1 amide bonds. The Balaban J connectivity index is 1.67. The number of rotatable bonds is 9. The largest absolute Gasteiger partial charge is 0.496 e. The fourth-order valence-corrected chi connectivity index (χ4v) is 5.36. The van der Waals surface area contributed by atoms with Crippen molar-refractivity contribution in [3.63, 3.8) is 0 Å². The summed E-state index contributed by atoms with van der Waals surface area (Å²) in [4.78, 5) is 32.3. The van der Waals surface area contributed by atoms with Crippen LogP contribution >= 0.6 is 15.9 Å². The topological polar surface area (TPSA) is 91.8 Å². The highest BCUT2D eigenvalue weighted by atomic mass is 79.9. The van der Waals surface area contributed by atoms with Crippen LogP contribution in [0.2, 0.25) is 0 Å². The average molecular weight is 554 g/mol. The minimum Gasteiger partial charge on any atom is -0.496 e. The van der Waals surface area contributed by atoms with Crippen LogP contribution in [0.25, 0.3) is 10.9 Å². The number of halogens is 1. The van der Waals surface area contributed by atoms with E-state index in [0.29, 0.717) is 24.3 Å². The van der Waals surface area contributed by atoms with Gasteiger partial charge in [0.05, 0.1) is 18.2 Å². The number of aromatic nitrogens is 1. The SMILES string of the molecule is COc1ccccc1[C@@H](CCC(=O)O)CNC(=O)c1c(C)c(N2CCCCC2)nc2ccc(Br)cc12. The molecule has 1 aliphatic rings. The second kappa shape index (κ2) is 11.7. The fourth-order valence-electron chi connectivity index (χ4n) is 5.00. The van der Waals surface area contributed by atoms with Gasteiger partial charge in [-0.1, -0.05) is 34.1 Å². The maximum Gasteiger partial charge on any atom is 0.303 e. The van der Waals surface area contributed by atoms with Gasteiger partial charge in [-0.3, -0.25) is 9.59 Å². The third-order valence-electron chi connectivity index (χ3n) is 6.84. The van der Waals surface area contributed by atoms with Crippen LogP contribution in [-0.4, -0.2) is 48.7 Å².